The van der Waals surface area contributed by atoms with Gasteiger partial charge in [0.2, 0.25) is 5.75 Å². The summed E-state index contributed by atoms with van der Waals surface area (Å²) in [6.07, 6.45) is 1.77. The third kappa shape index (κ3) is 2.34. The van der Waals surface area contributed by atoms with Gasteiger partial charge in [-0.25, -0.2) is 0 Å². The molecule has 106 valence electrons. The van der Waals surface area contributed by atoms with Crippen molar-refractivity contribution in [3.05, 3.63) is 30.0 Å². The number of nitrogen functional groups attached to an aromatic ring is 1. The van der Waals surface area contributed by atoms with Gasteiger partial charge in [0, 0.05) is 11.8 Å². The highest BCUT2D eigenvalue weighted by molar-refractivity contribution is 5.81. The third-order valence-electron chi connectivity index (χ3n) is 3.01. The van der Waals surface area contributed by atoms with Crippen molar-refractivity contribution in [3.8, 4) is 28.5 Å². The lowest BCUT2D eigenvalue weighted by molar-refractivity contribution is 0.325. The fourth-order valence-corrected chi connectivity index (χ4v) is 2.10. The molecule has 0 spiro atoms. The molecule has 5 heteroatoms. The van der Waals surface area contributed by atoms with E-state index in [0.29, 0.717) is 28.6 Å². The van der Waals surface area contributed by atoms with Crippen LogP contribution in [-0.4, -0.2) is 26.3 Å². The predicted octanol–water partition coefficient (Wildman–Crippen LogP) is 2.67. The Hall–Kier alpha value is -2.43. The molecule has 0 bridgehead atoms. The molecule has 20 heavy (non-hydrogen) atoms. The third-order valence-corrected chi connectivity index (χ3v) is 3.01. The summed E-state index contributed by atoms with van der Waals surface area (Å²) in [5, 5.41) is 0. The maximum Gasteiger partial charge on any atom is 0.203 e. The van der Waals surface area contributed by atoms with E-state index in [1.165, 1.54) is 0 Å². The van der Waals surface area contributed by atoms with Gasteiger partial charge < -0.3 is 19.9 Å². The molecule has 0 atom stereocenters. The van der Waals surface area contributed by atoms with Gasteiger partial charge in [0.25, 0.3) is 0 Å². The molecule has 1 aromatic heterocycles. The number of hydrogen-bond donors (Lipinski definition) is 1. The van der Waals surface area contributed by atoms with Crippen molar-refractivity contribution in [2.75, 3.05) is 27.1 Å². The van der Waals surface area contributed by atoms with Gasteiger partial charge in [-0.1, -0.05) is 0 Å². The topological polar surface area (TPSA) is 66.6 Å². The van der Waals surface area contributed by atoms with Crippen molar-refractivity contribution >= 4 is 5.69 Å². The van der Waals surface area contributed by atoms with Gasteiger partial charge in [-0.15, -0.1) is 0 Å². The molecule has 0 fully saturated rings. The minimum atomic E-state index is 0.522. The first kappa shape index (κ1) is 14.0. The lowest BCUT2D eigenvalue weighted by Crippen LogP contribution is -2.00. The Morgan fingerprint density at radius 3 is 2.25 bits per heavy atom. The molecule has 2 rings (SSSR count). The van der Waals surface area contributed by atoms with Crippen LogP contribution in [0.1, 0.15) is 5.56 Å². The molecular formula is C15H18N2O3. The Labute approximate surface area is 118 Å². The van der Waals surface area contributed by atoms with Crippen LogP contribution in [0.4, 0.5) is 5.69 Å². The number of ether oxygens (including phenoxy) is 3. The number of aromatic nitrogens is 1. The van der Waals surface area contributed by atoms with Crippen LogP contribution in [0, 0.1) is 6.92 Å². The molecular weight excluding hydrogens is 256 g/mol. The maximum atomic E-state index is 6.05. The number of methoxy groups -OCH3 is 3. The monoisotopic (exact) mass is 274 g/mol. The number of nitrogens with zero attached hydrogens (tertiary/aromatic N) is 1. The summed E-state index contributed by atoms with van der Waals surface area (Å²) in [6.45, 7) is 1.94. The van der Waals surface area contributed by atoms with E-state index in [4.69, 9.17) is 19.9 Å². The smallest absolute Gasteiger partial charge is 0.203 e. The quantitative estimate of drug-likeness (QED) is 0.928. The van der Waals surface area contributed by atoms with E-state index in [-0.39, 0.29) is 0 Å². The molecule has 5 nitrogen and oxygen atoms in total. The van der Waals surface area contributed by atoms with E-state index >= 15 is 0 Å². The van der Waals surface area contributed by atoms with Gasteiger partial charge >= 0.3 is 0 Å². The number of pyridine rings is 1. The Kier molecular flexibility index (Phi) is 3.98. The van der Waals surface area contributed by atoms with Crippen LogP contribution in [0.2, 0.25) is 0 Å². The highest BCUT2D eigenvalue weighted by Gasteiger charge is 2.19. The molecule has 0 unspecified atom stereocenters. The average molecular weight is 274 g/mol. The van der Waals surface area contributed by atoms with Gasteiger partial charge in [-0.2, -0.15) is 0 Å². The van der Waals surface area contributed by atoms with E-state index in [0.717, 1.165) is 11.1 Å². The second kappa shape index (κ2) is 5.69. The number of rotatable bonds is 4. The van der Waals surface area contributed by atoms with E-state index in [1.54, 1.807) is 33.6 Å². The van der Waals surface area contributed by atoms with Crippen LogP contribution in [0.25, 0.3) is 11.3 Å². The standard InChI is InChI=1S/C15H18N2O3/c1-9-7-11(16)13(17-8-9)10-5-6-12(18-2)15(20-4)14(10)19-3/h5-8H,16H2,1-4H3. The van der Waals surface area contributed by atoms with Crippen molar-refractivity contribution in [2.45, 2.75) is 6.92 Å². The summed E-state index contributed by atoms with van der Waals surface area (Å²) in [5.41, 5.74) is 9.07. The summed E-state index contributed by atoms with van der Waals surface area (Å²) in [4.78, 5) is 4.39. The first-order valence-electron chi connectivity index (χ1n) is 6.13. The first-order valence-corrected chi connectivity index (χ1v) is 6.13. The molecule has 0 radical (unpaired) electrons. The van der Waals surface area contributed by atoms with Crippen LogP contribution in [0.15, 0.2) is 24.4 Å². The van der Waals surface area contributed by atoms with Crippen molar-refractivity contribution in [1.82, 2.24) is 4.98 Å². The summed E-state index contributed by atoms with van der Waals surface area (Å²) in [5.74, 6) is 1.67. The van der Waals surface area contributed by atoms with Gasteiger partial charge in [-0.3, -0.25) is 4.98 Å². The van der Waals surface area contributed by atoms with Crippen molar-refractivity contribution < 1.29 is 14.2 Å². The summed E-state index contributed by atoms with van der Waals surface area (Å²) >= 11 is 0. The second-order valence-electron chi connectivity index (χ2n) is 4.33. The number of anilines is 1. The Bertz CT molecular complexity index is 627. The number of aryl methyl sites for hydroxylation is 1. The lowest BCUT2D eigenvalue weighted by Gasteiger charge is -2.16. The van der Waals surface area contributed by atoms with Crippen LogP contribution < -0.4 is 19.9 Å². The Balaban J connectivity index is 2.68. The van der Waals surface area contributed by atoms with E-state index in [1.807, 2.05) is 19.1 Å². The van der Waals surface area contributed by atoms with Crippen molar-refractivity contribution in [1.29, 1.82) is 0 Å². The SMILES string of the molecule is COc1ccc(-c2ncc(C)cc2N)c(OC)c1OC. The van der Waals surface area contributed by atoms with Crippen LogP contribution in [-0.2, 0) is 0 Å². The zero-order valence-corrected chi connectivity index (χ0v) is 12.1. The lowest BCUT2D eigenvalue weighted by atomic mass is 10.1. The van der Waals surface area contributed by atoms with Crippen molar-refractivity contribution in [2.24, 2.45) is 0 Å². The van der Waals surface area contributed by atoms with Gasteiger partial charge in [0.05, 0.1) is 32.7 Å². The molecule has 0 aliphatic rings. The zero-order chi connectivity index (χ0) is 14.7. The molecule has 2 N–H and O–H groups in total. The molecule has 0 saturated carbocycles. The summed E-state index contributed by atoms with van der Waals surface area (Å²) in [7, 11) is 4.72. The van der Waals surface area contributed by atoms with E-state index in [9.17, 15) is 0 Å². The molecule has 1 heterocycles. The fraction of sp³-hybridized carbons (Fsp3) is 0.267. The van der Waals surface area contributed by atoms with Crippen molar-refractivity contribution in [3.63, 3.8) is 0 Å². The molecule has 2 aromatic rings. The van der Waals surface area contributed by atoms with Gasteiger partial charge in [0.15, 0.2) is 11.5 Å². The second-order valence-corrected chi connectivity index (χ2v) is 4.33. The summed E-state index contributed by atoms with van der Waals surface area (Å²) in [6, 6.07) is 5.53. The Morgan fingerprint density at radius 2 is 1.70 bits per heavy atom. The van der Waals surface area contributed by atoms with Gasteiger partial charge in [0.1, 0.15) is 0 Å². The number of benzene rings is 1. The minimum Gasteiger partial charge on any atom is -0.493 e. The number of nitrogens with two attached hydrogens (primary N) is 1. The van der Waals surface area contributed by atoms with E-state index < -0.39 is 0 Å². The minimum absolute atomic E-state index is 0.522. The van der Waals surface area contributed by atoms with Gasteiger partial charge in [-0.05, 0) is 30.7 Å². The Morgan fingerprint density at radius 1 is 1.00 bits per heavy atom. The largest absolute Gasteiger partial charge is 0.493 e. The average Bonchev–Trinajstić information content (AvgIpc) is 2.45. The van der Waals surface area contributed by atoms with Crippen LogP contribution in [0.5, 0.6) is 17.2 Å². The van der Waals surface area contributed by atoms with E-state index in [2.05, 4.69) is 4.98 Å². The van der Waals surface area contributed by atoms with Crippen LogP contribution >= 0.6 is 0 Å². The molecule has 0 aliphatic carbocycles. The first-order chi connectivity index (χ1) is 9.62. The molecule has 1 aromatic carbocycles. The zero-order valence-electron chi connectivity index (χ0n) is 12.1. The molecule has 0 aliphatic heterocycles. The summed E-state index contributed by atoms with van der Waals surface area (Å²) < 4.78 is 16.1. The van der Waals surface area contributed by atoms with Crippen LogP contribution in [0.3, 0.4) is 0 Å². The normalized spacial score (nSPS) is 10.2. The highest BCUT2D eigenvalue weighted by Crippen LogP contribution is 2.44. The molecule has 0 saturated heterocycles. The molecule has 0 amide bonds. The predicted molar refractivity (Wildman–Crippen MR) is 78.5 cm³/mol. The number of hydrogen-bond acceptors (Lipinski definition) is 5. The highest BCUT2D eigenvalue weighted by atomic mass is 16.5. The maximum absolute atomic E-state index is 6.05. The fourth-order valence-electron chi connectivity index (χ4n) is 2.10.